The molecule has 2 aliphatic heterocycles. The normalized spacial score (nSPS) is 15.6. The summed E-state index contributed by atoms with van der Waals surface area (Å²) in [6.07, 6.45) is 1.24. The number of aryl methyl sites for hydroxylation is 1. The number of halogens is 1. The first kappa shape index (κ1) is 27.3. The lowest BCUT2D eigenvalue weighted by Gasteiger charge is -2.25. The zero-order chi connectivity index (χ0) is 28.1. The SMILES string of the molecule is CCc1ccc(NC(=O)CSC2=Nc3ccccc3C3=NC(CCC(=O)NCc4ccc(F)cc4)C(=O)N23)cc1. The van der Waals surface area contributed by atoms with Gasteiger partial charge in [-0.15, -0.1) is 0 Å². The maximum atomic E-state index is 13.4. The molecule has 3 aromatic carbocycles. The second kappa shape index (κ2) is 12.3. The van der Waals surface area contributed by atoms with Crippen molar-refractivity contribution in [3.05, 3.63) is 95.3 Å². The van der Waals surface area contributed by atoms with E-state index in [4.69, 9.17) is 0 Å². The molecule has 8 nitrogen and oxygen atoms in total. The Hall–Kier alpha value is -4.31. The molecule has 40 heavy (non-hydrogen) atoms. The van der Waals surface area contributed by atoms with Crippen LogP contribution in [0, 0.1) is 5.82 Å². The summed E-state index contributed by atoms with van der Waals surface area (Å²) < 4.78 is 13.1. The van der Waals surface area contributed by atoms with Crippen molar-refractivity contribution in [3.63, 3.8) is 0 Å². The number of para-hydroxylation sites is 1. The molecule has 0 fully saturated rings. The van der Waals surface area contributed by atoms with E-state index in [0.29, 0.717) is 22.4 Å². The van der Waals surface area contributed by atoms with Gasteiger partial charge in [0.2, 0.25) is 11.8 Å². The van der Waals surface area contributed by atoms with Crippen LogP contribution in [0.1, 0.15) is 36.5 Å². The maximum Gasteiger partial charge on any atom is 0.259 e. The summed E-state index contributed by atoms with van der Waals surface area (Å²) in [6.45, 7) is 2.34. The third kappa shape index (κ3) is 6.28. The first-order valence-corrected chi connectivity index (χ1v) is 14.0. The number of hydrogen-bond donors (Lipinski definition) is 2. The van der Waals surface area contributed by atoms with Crippen molar-refractivity contribution in [2.45, 2.75) is 38.8 Å². The highest BCUT2D eigenvalue weighted by atomic mass is 32.2. The fraction of sp³-hybridized carbons (Fsp3) is 0.233. The van der Waals surface area contributed by atoms with Crippen molar-refractivity contribution in [1.29, 1.82) is 0 Å². The molecule has 1 unspecified atom stereocenters. The van der Waals surface area contributed by atoms with Gasteiger partial charge in [0.25, 0.3) is 5.91 Å². The molecule has 3 aromatic rings. The van der Waals surface area contributed by atoms with Crippen molar-refractivity contribution in [3.8, 4) is 0 Å². The number of nitrogens with zero attached hydrogens (tertiary/aromatic N) is 3. The standard InChI is InChI=1S/C30H28FN5O3S/c1-2-19-9-13-22(14-10-19)33-27(38)18-40-30-35-24-6-4-3-5-23(24)28-34-25(29(39)36(28)30)15-16-26(37)32-17-20-7-11-21(31)12-8-20/h3-14,25H,2,15-18H2,1H3,(H,32,37)(H,33,38). The van der Waals surface area contributed by atoms with Crippen LogP contribution in [0.4, 0.5) is 15.8 Å². The second-order valence-electron chi connectivity index (χ2n) is 9.38. The zero-order valence-electron chi connectivity index (χ0n) is 21.9. The molecule has 2 N–H and O–H groups in total. The number of benzene rings is 3. The zero-order valence-corrected chi connectivity index (χ0v) is 22.7. The van der Waals surface area contributed by atoms with Gasteiger partial charge in [-0.2, -0.15) is 0 Å². The Bertz CT molecular complexity index is 1490. The molecule has 10 heteroatoms. The van der Waals surface area contributed by atoms with Crippen LogP contribution >= 0.6 is 11.8 Å². The highest BCUT2D eigenvalue weighted by Gasteiger charge is 2.41. The monoisotopic (exact) mass is 557 g/mol. The first-order valence-electron chi connectivity index (χ1n) is 13.0. The van der Waals surface area contributed by atoms with Crippen LogP contribution in [0.25, 0.3) is 0 Å². The highest BCUT2D eigenvalue weighted by Crippen LogP contribution is 2.34. The Morgan fingerprint density at radius 1 is 0.975 bits per heavy atom. The molecule has 0 saturated carbocycles. The van der Waals surface area contributed by atoms with Crippen LogP contribution in [-0.2, 0) is 27.3 Å². The minimum Gasteiger partial charge on any atom is -0.352 e. The summed E-state index contributed by atoms with van der Waals surface area (Å²) in [5.41, 5.74) is 4.06. The third-order valence-corrected chi connectivity index (χ3v) is 7.51. The lowest BCUT2D eigenvalue weighted by molar-refractivity contribution is -0.125. The van der Waals surface area contributed by atoms with Gasteiger partial charge in [-0.05, 0) is 60.4 Å². The van der Waals surface area contributed by atoms with E-state index in [9.17, 15) is 18.8 Å². The number of amides is 3. The highest BCUT2D eigenvalue weighted by molar-refractivity contribution is 8.14. The summed E-state index contributed by atoms with van der Waals surface area (Å²) in [6, 6.07) is 20.2. The van der Waals surface area contributed by atoms with Crippen molar-refractivity contribution >= 4 is 51.9 Å². The Morgan fingerprint density at radius 2 is 1.70 bits per heavy atom. The fourth-order valence-electron chi connectivity index (χ4n) is 4.40. The number of anilines is 1. The summed E-state index contributed by atoms with van der Waals surface area (Å²) >= 11 is 1.17. The molecule has 0 radical (unpaired) electrons. The van der Waals surface area contributed by atoms with Gasteiger partial charge in [0, 0.05) is 24.2 Å². The van der Waals surface area contributed by atoms with E-state index in [1.165, 1.54) is 34.4 Å². The number of fused-ring (bicyclic) bond motifs is 3. The molecule has 204 valence electrons. The molecule has 0 spiro atoms. The molecule has 5 rings (SSSR count). The van der Waals surface area contributed by atoms with Gasteiger partial charge in [-0.3, -0.25) is 19.4 Å². The minimum absolute atomic E-state index is 0.0596. The summed E-state index contributed by atoms with van der Waals surface area (Å²) in [5.74, 6) is -0.521. The molecule has 1 atom stereocenters. The molecular weight excluding hydrogens is 529 g/mol. The van der Waals surface area contributed by atoms with Gasteiger partial charge >= 0.3 is 0 Å². The average Bonchev–Trinajstić information content (AvgIpc) is 3.31. The molecule has 0 aromatic heterocycles. The summed E-state index contributed by atoms with van der Waals surface area (Å²) in [7, 11) is 0. The van der Waals surface area contributed by atoms with Gasteiger partial charge in [-0.1, -0.05) is 55.1 Å². The molecule has 3 amide bonds. The topological polar surface area (TPSA) is 103 Å². The smallest absolute Gasteiger partial charge is 0.259 e. The molecule has 2 aliphatic rings. The maximum absolute atomic E-state index is 13.4. The van der Waals surface area contributed by atoms with Crippen molar-refractivity contribution < 1.29 is 18.8 Å². The van der Waals surface area contributed by atoms with E-state index in [-0.39, 0.29) is 48.7 Å². The number of aliphatic imine (C=N–C) groups is 2. The third-order valence-electron chi connectivity index (χ3n) is 6.57. The first-order chi connectivity index (χ1) is 19.4. The van der Waals surface area contributed by atoms with Crippen LogP contribution in [0.2, 0.25) is 0 Å². The average molecular weight is 558 g/mol. The van der Waals surface area contributed by atoms with Crippen LogP contribution in [0.3, 0.4) is 0 Å². The van der Waals surface area contributed by atoms with Crippen molar-refractivity contribution in [1.82, 2.24) is 10.2 Å². The number of carbonyl (C=O) groups is 3. The molecule has 2 heterocycles. The van der Waals surface area contributed by atoms with E-state index >= 15 is 0 Å². The molecule has 0 aliphatic carbocycles. The number of rotatable bonds is 9. The Morgan fingerprint density at radius 3 is 2.45 bits per heavy atom. The van der Waals surface area contributed by atoms with Crippen molar-refractivity contribution in [2.75, 3.05) is 11.1 Å². The van der Waals surface area contributed by atoms with Crippen LogP contribution < -0.4 is 10.6 Å². The van der Waals surface area contributed by atoms with Gasteiger partial charge in [0.05, 0.1) is 11.4 Å². The lowest BCUT2D eigenvalue weighted by Crippen LogP contribution is -2.41. The Labute approximate surface area is 235 Å². The number of hydrogen-bond acceptors (Lipinski definition) is 6. The van der Waals surface area contributed by atoms with Crippen LogP contribution in [-0.4, -0.2) is 45.4 Å². The van der Waals surface area contributed by atoms with Gasteiger partial charge in [0.1, 0.15) is 17.7 Å². The second-order valence-corrected chi connectivity index (χ2v) is 10.3. The molecule has 0 bridgehead atoms. The number of amidine groups is 2. The van der Waals surface area contributed by atoms with Gasteiger partial charge in [-0.25, -0.2) is 14.3 Å². The predicted octanol–water partition coefficient (Wildman–Crippen LogP) is 4.82. The van der Waals surface area contributed by atoms with Crippen molar-refractivity contribution in [2.24, 2.45) is 9.98 Å². The van der Waals surface area contributed by atoms with E-state index in [1.54, 1.807) is 12.1 Å². The summed E-state index contributed by atoms with van der Waals surface area (Å²) in [4.78, 5) is 49.3. The summed E-state index contributed by atoms with van der Waals surface area (Å²) in [5, 5.41) is 6.05. The Kier molecular flexibility index (Phi) is 8.35. The van der Waals surface area contributed by atoms with Crippen LogP contribution in [0.15, 0.2) is 82.8 Å². The number of thioether (sulfide) groups is 1. The Balaban J connectivity index is 1.22. The largest absolute Gasteiger partial charge is 0.352 e. The lowest BCUT2D eigenvalue weighted by atomic mass is 10.1. The number of carbonyl (C=O) groups excluding carboxylic acids is 3. The quantitative estimate of drug-likeness (QED) is 0.394. The van der Waals surface area contributed by atoms with E-state index in [2.05, 4.69) is 27.5 Å². The molecule has 0 saturated heterocycles. The van der Waals surface area contributed by atoms with E-state index < -0.39 is 6.04 Å². The number of nitrogens with one attached hydrogen (secondary N) is 2. The fourth-order valence-corrected chi connectivity index (χ4v) is 5.20. The minimum atomic E-state index is -0.741. The van der Waals surface area contributed by atoms with E-state index in [0.717, 1.165) is 17.5 Å². The van der Waals surface area contributed by atoms with Gasteiger partial charge < -0.3 is 10.6 Å². The van der Waals surface area contributed by atoms with E-state index in [1.807, 2.05) is 48.5 Å². The van der Waals surface area contributed by atoms with Crippen LogP contribution in [0.5, 0.6) is 0 Å². The predicted molar refractivity (Wildman–Crippen MR) is 155 cm³/mol. The molecular formula is C30H28FN5O3S. The van der Waals surface area contributed by atoms with Gasteiger partial charge in [0.15, 0.2) is 5.17 Å².